The van der Waals surface area contributed by atoms with Crippen LogP contribution < -0.4 is 17.0 Å². The monoisotopic (exact) mass is 517 g/mol. The maximum absolute atomic E-state index is 13.6. The molecule has 2 heterocycles. The summed E-state index contributed by atoms with van der Waals surface area (Å²) in [5.74, 6) is -4.66. The highest BCUT2D eigenvalue weighted by atomic mass is 19.1. The number of nitrogens with zero attached hydrogens (tertiary/aromatic N) is 5. The van der Waals surface area contributed by atoms with Crippen molar-refractivity contribution < 1.29 is 35.2 Å². The van der Waals surface area contributed by atoms with E-state index in [1.165, 1.54) is 4.90 Å². The summed E-state index contributed by atoms with van der Waals surface area (Å²) in [7, 11) is 0. The lowest BCUT2D eigenvalue weighted by Crippen LogP contribution is -2.50. The van der Waals surface area contributed by atoms with Gasteiger partial charge in [-0.05, 0) is 0 Å². The van der Waals surface area contributed by atoms with Gasteiger partial charge in [0.25, 0.3) is 5.56 Å². The smallest absolute Gasteiger partial charge is 0.328 e. The number of hydrogen-bond donors (Lipinski definition) is 4. The molecule has 2 rings (SSSR count). The minimum Gasteiger partial charge on any atom is -0.480 e. The average molecular weight is 518 g/mol. The van der Waals surface area contributed by atoms with Crippen LogP contribution in [0.3, 0.4) is 0 Å². The number of hydrogen-bond acceptors (Lipinski definition) is 9. The molecule has 36 heavy (non-hydrogen) atoms. The molecule has 1 aromatic heterocycles. The summed E-state index contributed by atoms with van der Waals surface area (Å²) in [6, 6.07) is 0. The lowest BCUT2D eigenvalue weighted by atomic mass is 10.3. The van der Waals surface area contributed by atoms with E-state index in [1.54, 1.807) is 25.4 Å². The first-order valence-electron chi connectivity index (χ1n) is 11.6. The van der Waals surface area contributed by atoms with E-state index < -0.39 is 47.4 Å². The van der Waals surface area contributed by atoms with Gasteiger partial charge in [0.2, 0.25) is 17.6 Å². The summed E-state index contributed by atoms with van der Waals surface area (Å²) in [6.07, 6.45) is 0.616. The molecular weight excluding hydrogens is 485 g/mol. The van der Waals surface area contributed by atoms with Gasteiger partial charge in [-0.15, -0.1) is 0 Å². The van der Waals surface area contributed by atoms with E-state index in [-0.39, 0.29) is 72.0 Å². The topological polar surface area (TPSA) is 203 Å². The summed E-state index contributed by atoms with van der Waals surface area (Å²) >= 11 is 0. The number of carbonyl (C=O) groups is 4. The highest BCUT2D eigenvalue weighted by Crippen LogP contribution is 2.03. The van der Waals surface area contributed by atoms with E-state index in [2.05, 4.69) is 0 Å². The van der Waals surface area contributed by atoms with Gasteiger partial charge >= 0.3 is 17.6 Å². The summed E-state index contributed by atoms with van der Waals surface area (Å²) in [6.45, 7) is -0.334. The number of primary amides is 1. The molecule has 1 fully saturated rings. The molecule has 0 atom stereocenters. The van der Waals surface area contributed by atoms with Gasteiger partial charge < -0.3 is 20.8 Å². The number of nitrogens with one attached hydrogen (secondary N) is 1. The molecule has 16 heteroatoms. The Morgan fingerprint density at radius 3 is 1.81 bits per heavy atom. The molecule has 0 bridgehead atoms. The molecular formula is C20H30FN7O8. The van der Waals surface area contributed by atoms with Crippen LogP contribution in [0, 0.1) is 5.82 Å². The highest BCUT2D eigenvalue weighted by molar-refractivity contribution is 5.76. The fraction of sp³-hybridized carbons (Fsp3) is 0.600. The molecule has 0 aliphatic carbocycles. The zero-order valence-corrected chi connectivity index (χ0v) is 19.5. The zero-order chi connectivity index (χ0) is 27.5. The normalized spacial score (nSPS) is 17.5. The van der Waals surface area contributed by atoms with Crippen molar-refractivity contribution in [3.05, 3.63) is 32.9 Å². The summed E-state index contributed by atoms with van der Waals surface area (Å²) in [4.78, 5) is 78.6. The predicted molar refractivity (Wildman–Crippen MR) is 122 cm³/mol. The lowest BCUT2D eigenvalue weighted by molar-refractivity contribution is -0.139. The van der Waals surface area contributed by atoms with Crippen LogP contribution in [-0.2, 0) is 25.7 Å². The van der Waals surface area contributed by atoms with Gasteiger partial charge in [-0.2, -0.15) is 4.39 Å². The van der Waals surface area contributed by atoms with Crippen molar-refractivity contribution >= 4 is 23.8 Å². The first-order valence-corrected chi connectivity index (χ1v) is 11.1. The molecule has 0 unspecified atom stereocenters. The van der Waals surface area contributed by atoms with Crippen LogP contribution >= 0.6 is 0 Å². The SMILES string of the molecule is [3H]NC(=O)CN1CCN(CC(=O)O)CCN(C(=O)Cn2cc(F)c(=O)[nH]c2=O)CCN(CC(=O)O)CC1. The predicted octanol–water partition coefficient (Wildman–Crippen LogP) is -3.92. The van der Waals surface area contributed by atoms with Crippen LogP contribution in [0.1, 0.15) is 0 Å². The molecule has 0 radical (unpaired) electrons. The highest BCUT2D eigenvalue weighted by Gasteiger charge is 2.22. The number of carboxylic acid groups (broad SMARTS) is 2. The minimum absolute atomic E-state index is 0.0147. The third-order valence-corrected chi connectivity index (χ3v) is 5.55. The molecule has 0 spiro atoms. The van der Waals surface area contributed by atoms with Gasteiger partial charge in [-0.3, -0.25) is 48.2 Å². The Kier molecular flexibility index (Phi) is 10.1. The molecule has 200 valence electrons. The first kappa shape index (κ1) is 27.0. The van der Waals surface area contributed by atoms with Crippen molar-refractivity contribution in [1.29, 1.82) is 0 Å². The summed E-state index contributed by atoms with van der Waals surface area (Å²) in [5.41, 5.74) is -0.424. The molecule has 1 saturated heterocycles. The molecule has 2 amide bonds. The van der Waals surface area contributed by atoms with Crippen molar-refractivity contribution in [3.63, 3.8) is 0 Å². The van der Waals surface area contributed by atoms with Crippen LogP contribution in [-0.4, -0.2) is 135 Å². The van der Waals surface area contributed by atoms with Gasteiger partial charge in [0.1, 0.15) is 6.54 Å². The molecule has 1 aromatic rings. The van der Waals surface area contributed by atoms with Crippen molar-refractivity contribution in [1.82, 2.24) is 29.2 Å². The third kappa shape index (κ3) is 9.55. The minimum atomic E-state index is -1.25. The van der Waals surface area contributed by atoms with Crippen molar-refractivity contribution in [2.24, 2.45) is 5.73 Å². The second-order valence-electron chi connectivity index (χ2n) is 8.28. The van der Waals surface area contributed by atoms with Gasteiger partial charge in [0.05, 0.1) is 25.8 Å². The van der Waals surface area contributed by atoms with Gasteiger partial charge in [0, 0.05) is 52.4 Å². The number of aliphatic carboxylic acids is 2. The fourth-order valence-corrected chi connectivity index (χ4v) is 3.69. The van der Waals surface area contributed by atoms with Crippen LogP contribution in [0.25, 0.3) is 0 Å². The maximum Gasteiger partial charge on any atom is 0.328 e. The molecule has 1 aliphatic rings. The Morgan fingerprint density at radius 2 is 1.33 bits per heavy atom. The van der Waals surface area contributed by atoms with Crippen LogP contribution in [0.4, 0.5) is 4.39 Å². The number of aromatic nitrogens is 2. The Morgan fingerprint density at radius 1 is 0.861 bits per heavy atom. The molecule has 0 saturated carbocycles. The Bertz CT molecular complexity index is 1070. The molecule has 1 aliphatic heterocycles. The van der Waals surface area contributed by atoms with Crippen LogP contribution in [0.5, 0.6) is 0 Å². The second kappa shape index (κ2) is 13.5. The number of carbonyl (C=O) groups excluding carboxylic acids is 2. The second-order valence-corrected chi connectivity index (χ2v) is 8.28. The fourth-order valence-electron chi connectivity index (χ4n) is 3.69. The van der Waals surface area contributed by atoms with E-state index >= 15 is 0 Å². The number of nitrogens with two attached hydrogens (primary N) is 1. The molecule has 15 nitrogen and oxygen atoms in total. The van der Waals surface area contributed by atoms with Crippen molar-refractivity contribution in [3.8, 4) is 0 Å². The van der Waals surface area contributed by atoms with Crippen molar-refractivity contribution in [2.75, 3.05) is 72.0 Å². The van der Waals surface area contributed by atoms with E-state index in [1.807, 2.05) is 0 Å². The molecule has 0 aromatic carbocycles. The van der Waals surface area contributed by atoms with Crippen LogP contribution in [0.15, 0.2) is 15.8 Å². The first-order chi connectivity index (χ1) is 17.5. The Labute approximate surface area is 205 Å². The van der Waals surface area contributed by atoms with Crippen molar-refractivity contribution in [2.45, 2.75) is 6.54 Å². The largest absolute Gasteiger partial charge is 0.480 e. The maximum atomic E-state index is 13.6. The Hall–Kier alpha value is -3.63. The quantitative estimate of drug-likeness (QED) is 0.262. The molecule has 5 N–H and O–H groups in total. The number of carboxylic acids is 2. The number of halogens is 1. The standard InChI is InChI=1S/C20H30FN7O8/c21-14-9-28(20(36)23-19(14)35)11-16(30)27-7-5-25(12-17(31)32)3-1-24(10-15(22)29)2-4-26(6-8-27)13-18(33)34/h9H,1-8,10-13H2,(H2,22,29)(H,31,32)(H,33,34)(H,23,35,36)/i/hT. The van der Waals surface area contributed by atoms with Crippen LogP contribution in [0.2, 0.25) is 1.41 Å². The number of rotatable bonds is 8. The summed E-state index contributed by atoms with van der Waals surface area (Å²) in [5, 5.41) is 18.6. The third-order valence-electron chi connectivity index (χ3n) is 5.55. The Balaban J connectivity index is 2.25. The average Bonchev–Trinajstić information content (AvgIpc) is 2.81. The van der Waals surface area contributed by atoms with E-state index in [9.17, 15) is 43.4 Å². The number of H-pyrrole nitrogens is 1. The van der Waals surface area contributed by atoms with E-state index in [4.69, 9.17) is 1.41 Å². The van der Waals surface area contributed by atoms with E-state index in [0.717, 1.165) is 0 Å². The summed E-state index contributed by atoms with van der Waals surface area (Å²) < 4.78 is 21.4. The van der Waals surface area contributed by atoms with Gasteiger partial charge in [-0.25, -0.2) is 4.79 Å². The van der Waals surface area contributed by atoms with Gasteiger partial charge in [0.15, 0.2) is 1.41 Å². The number of amides is 2. The van der Waals surface area contributed by atoms with E-state index in [0.29, 0.717) is 10.8 Å². The zero-order valence-electron chi connectivity index (χ0n) is 20.5. The number of aromatic amines is 1. The lowest BCUT2D eigenvalue weighted by Gasteiger charge is -2.33. The van der Waals surface area contributed by atoms with Gasteiger partial charge in [-0.1, -0.05) is 0 Å².